The average Bonchev–Trinajstić information content (AvgIpc) is 2.20. The molecule has 0 spiro atoms. The zero-order valence-corrected chi connectivity index (χ0v) is 7.18. The zero-order chi connectivity index (χ0) is 9.10. The molecule has 1 aromatic carbocycles. The van der Waals surface area contributed by atoms with Gasteiger partial charge in [0.1, 0.15) is 0 Å². The molecule has 0 unspecified atom stereocenters. The molecule has 0 amide bonds. The molecule has 0 saturated heterocycles. The van der Waals surface area contributed by atoms with Crippen molar-refractivity contribution in [1.82, 2.24) is 20.4 Å². The van der Waals surface area contributed by atoms with Crippen LogP contribution in [-0.2, 0) is 0 Å². The molecular formula is C9H8N4. The fraction of sp³-hybridized carbons (Fsp3) is 0.111. The number of aromatic nitrogens is 4. The van der Waals surface area contributed by atoms with E-state index < -0.39 is 0 Å². The molecule has 0 aliphatic heterocycles. The van der Waals surface area contributed by atoms with Crippen molar-refractivity contribution in [1.29, 1.82) is 0 Å². The molecule has 0 bridgehead atoms. The average molecular weight is 172 g/mol. The maximum Gasteiger partial charge on any atom is 0.203 e. The van der Waals surface area contributed by atoms with Crippen LogP contribution in [0.1, 0.15) is 5.56 Å². The zero-order valence-electron chi connectivity index (χ0n) is 7.18. The summed E-state index contributed by atoms with van der Waals surface area (Å²) in [6.07, 6.45) is 1.32. The third kappa shape index (κ3) is 1.51. The summed E-state index contributed by atoms with van der Waals surface area (Å²) in [6.45, 7) is 2.01. The van der Waals surface area contributed by atoms with E-state index in [2.05, 4.69) is 20.4 Å². The van der Waals surface area contributed by atoms with Crippen molar-refractivity contribution < 1.29 is 0 Å². The monoisotopic (exact) mass is 172 g/mol. The molecule has 0 N–H and O–H groups in total. The van der Waals surface area contributed by atoms with Gasteiger partial charge in [-0.1, -0.05) is 24.3 Å². The van der Waals surface area contributed by atoms with Gasteiger partial charge in [0, 0.05) is 5.56 Å². The number of aryl methyl sites for hydroxylation is 1. The van der Waals surface area contributed by atoms with Crippen LogP contribution in [-0.4, -0.2) is 20.4 Å². The molecule has 0 fully saturated rings. The lowest BCUT2D eigenvalue weighted by atomic mass is 10.1. The third-order valence-electron chi connectivity index (χ3n) is 1.79. The van der Waals surface area contributed by atoms with Crippen LogP contribution in [0.3, 0.4) is 0 Å². The van der Waals surface area contributed by atoms with Gasteiger partial charge >= 0.3 is 0 Å². The quantitative estimate of drug-likeness (QED) is 0.649. The van der Waals surface area contributed by atoms with Crippen LogP contribution < -0.4 is 0 Å². The molecular weight excluding hydrogens is 164 g/mol. The molecule has 0 atom stereocenters. The fourth-order valence-corrected chi connectivity index (χ4v) is 1.14. The van der Waals surface area contributed by atoms with Gasteiger partial charge in [0.2, 0.25) is 5.82 Å². The Morgan fingerprint density at radius 3 is 2.38 bits per heavy atom. The summed E-state index contributed by atoms with van der Waals surface area (Å²) in [5, 5.41) is 15.1. The molecule has 2 aromatic rings. The second-order valence-electron chi connectivity index (χ2n) is 2.68. The van der Waals surface area contributed by atoms with Crippen LogP contribution in [0, 0.1) is 6.92 Å². The van der Waals surface area contributed by atoms with E-state index in [0.29, 0.717) is 5.82 Å². The Labute approximate surface area is 75.7 Å². The maximum absolute atomic E-state index is 3.89. The minimum Gasteiger partial charge on any atom is -0.135 e. The van der Waals surface area contributed by atoms with E-state index in [1.54, 1.807) is 0 Å². The highest BCUT2D eigenvalue weighted by atomic mass is 15.3. The molecule has 13 heavy (non-hydrogen) atoms. The van der Waals surface area contributed by atoms with E-state index in [1.807, 2.05) is 31.2 Å². The maximum atomic E-state index is 3.89. The number of nitrogens with zero attached hydrogens (tertiary/aromatic N) is 4. The summed E-state index contributed by atoms with van der Waals surface area (Å²) in [7, 11) is 0. The van der Waals surface area contributed by atoms with Crippen LogP contribution in [0.2, 0.25) is 0 Å². The first-order valence-electron chi connectivity index (χ1n) is 3.94. The molecule has 0 aliphatic rings. The molecule has 0 radical (unpaired) electrons. The Morgan fingerprint density at radius 1 is 1.00 bits per heavy atom. The Kier molecular flexibility index (Phi) is 1.96. The predicted molar refractivity (Wildman–Crippen MR) is 47.8 cm³/mol. The van der Waals surface area contributed by atoms with E-state index in [1.165, 1.54) is 6.33 Å². The lowest BCUT2D eigenvalue weighted by Crippen LogP contribution is -1.95. The summed E-state index contributed by atoms with van der Waals surface area (Å²) in [6, 6.07) is 7.88. The van der Waals surface area contributed by atoms with Crippen molar-refractivity contribution in [2.75, 3.05) is 0 Å². The molecule has 1 heterocycles. The van der Waals surface area contributed by atoms with Gasteiger partial charge < -0.3 is 0 Å². The van der Waals surface area contributed by atoms with Crippen LogP contribution in [0.5, 0.6) is 0 Å². The van der Waals surface area contributed by atoms with Gasteiger partial charge in [-0.05, 0) is 12.5 Å². The summed E-state index contributed by atoms with van der Waals surface area (Å²) in [4.78, 5) is 0. The van der Waals surface area contributed by atoms with Crippen molar-refractivity contribution in [2.45, 2.75) is 6.92 Å². The van der Waals surface area contributed by atoms with E-state index in [-0.39, 0.29) is 0 Å². The molecule has 4 heteroatoms. The standard InChI is InChI=1S/C9H8N4/c1-7-4-2-3-5-8(7)9-12-10-6-11-13-9/h2-6H,1H3. The minimum atomic E-state index is 0.570. The van der Waals surface area contributed by atoms with Crippen molar-refractivity contribution in [2.24, 2.45) is 0 Å². The summed E-state index contributed by atoms with van der Waals surface area (Å²) < 4.78 is 0. The highest BCUT2D eigenvalue weighted by Gasteiger charge is 2.03. The predicted octanol–water partition coefficient (Wildman–Crippen LogP) is 1.24. The largest absolute Gasteiger partial charge is 0.203 e. The van der Waals surface area contributed by atoms with Gasteiger partial charge in [-0.3, -0.25) is 0 Å². The van der Waals surface area contributed by atoms with Gasteiger partial charge in [0.15, 0.2) is 6.33 Å². The smallest absolute Gasteiger partial charge is 0.135 e. The first-order chi connectivity index (χ1) is 6.38. The Balaban J connectivity index is 2.54. The summed E-state index contributed by atoms with van der Waals surface area (Å²) in [5.41, 5.74) is 2.10. The lowest BCUT2D eigenvalue weighted by Gasteiger charge is -2.00. The highest BCUT2D eigenvalue weighted by molar-refractivity contribution is 5.58. The minimum absolute atomic E-state index is 0.570. The van der Waals surface area contributed by atoms with Gasteiger partial charge in [-0.25, -0.2) is 0 Å². The van der Waals surface area contributed by atoms with E-state index >= 15 is 0 Å². The number of hydrogen-bond acceptors (Lipinski definition) is 4. The van der Waals surface area contributed by atoms with Gasteiger partial charge in [0.25, 0.3) is 0 Å². The molecule has 4 nitrogen and oxygen atoms in total. The topological polar surface area (TPSA) is 51.6 Å². The SMILES string of the molecule is Cc1ccccc1-c1nncnn1. The van der Waals surface area contributed by atoms with Crippen LogP contribution >= 0.6 is 0 Å². The Morgan fingerprint density at radius 2 is 1.69 bits per heavy atom. The fourth-order valence-electron chi connectivity index (χ4n) is 1.14. The Hall–Kier alpha value is -1.84. The van der Waals surface area contributed by atoms with Crippen molar-refractivity contribution in [3.8, 4) is 11.4 Å². The second-order valence-corrected chi connectivity index (χ2v) is 2.68. The molecule has 0 saturated carbocycles. The number of benzene rings is 1. The van der Waals surface area contributed by atoms with E-state index in [0.717, 1.165) is 11.1 Å². The molecule has 1 aromatic heterocycles. The molecule has 2 rings (SSSR count). The number of rotatable bonds is 1. The third-order valence-corrected chi connectivity index (χ3v) is 1.79. The van der Waals surface area contributed by atoms with Crippen LogP contribution in [0.25, 0.3) is 11.4 Å². The molecule has 0 aliphatic carbocycles. The van der Waals surface area contributed by atoms with Gasteiger partial charge in [-0.2, -0.15) is 0 Å². The van der Waals surface area contributed by atoms with E-state index in [9.17, 15) is 0 Å². The Bertz CT molecular complexity index is 399. The highest BCUT2D eigenvalue weighted by Crippen LogP contribution is 2.16. The normalized spacial score (nSPS) is 9.92. The summed E-state index contributed by atoms with van der Waals surface area (Å²) in [5.74, 6) is 0.570. The van der Waals surface area contributed by atoms with Crippen molar-refractivity contribution in [3.63, 3.8) is 0 Å². The van der Waals surface area contributed by atoms with Gasteiger partial charge in [-0.15, -0.1) is 20.4 Å². The van der Waals surface area contributed by atoms with Crippen LogP contribution in [0.4, 0.5) is 0 Å². The number of hydrogen-bond donors (Lipinski definition) is 0. The van der Waals surface area contributed by atoms with Crippen molar-refractivity contribution >= 4 is 0 Å². The van der Waals surface area contributed by atoms with E-state index in [4.69, 9.17) is 0 Å². The van der Waals surface area contributed by atoms with Gasteiger partial charge in [0.05, 0.1) is 0 Å². The summed E-state index contributed by atoms with van der Waals surface area (Å²) >= 11 is 0. The van der Waals surface area contributed by atoms with Crippen molar-refractivity contribution in [3.05, 3.63) is 36.2 Å². The molecule has 64 valence electrons. The first-order valence-corrected chi connectivity index (χ1v) is 3.94. The van der Waals surface area contributed by atoms with Crippen LogP contribution in [0.15, 0.2) is 30.6 Å². The first kappa shape index (κ1) is 7.79. The lowest BCUT2D eigenvalue weighted by molar-refractivity contribution is 0.863. The second kappa shape index (κ2) is 3.26.